The Bertz CT molecular complexity index is 701. The minimum atomic E-state index is 0.924. The van der Waals surface area contributed by atoms with Crippen molar-refractivity contribution in [2.45, 2.75) is 19.8 Å². The molecule has 0 saturated carbocycles. The molecule has 0 aliphatic carbocycles. The van der Waals surface area contributed by atoms with Gasteiger partial charge in [-0.2, -0.15) is 0 Å². The van der Waals surface area contributed by atoms with Crippen molar-refractivity contribution in [2.24, 2.45) is 0 Å². The van der Waals surface area contributed by atoms with Crippen LogP contribution < -0.4 is 0 Å². The van der Waals surface area contributed by atoms with Crippen molar-refractivity contribution >= 4 is 27.1 Å². The van der Waals surface area contributed by atoms with E-state index in [0.717, 1.165) is 40.0 Å². The first-order chi connectivity index (χ1) is 9.29. The number of nitrogens with zero attached hydrogens (tertiary/aromatic N) is 3. The molecule has 0 amide bonds. The summed E-state index contributed by atoms with van der Waals surface area (Å²) in [5.41, 5.74) is 2.98. The fraction of sp³-hybridized carbons (Fsp3) is 0.200. The maximum Gasteiger partial charge on any atom is 0.164 e. The molecule has 0 bridgehead atoms. The number of imidazole rings is 1. The second-order valence-corrected chi connectivity index (χ2v) is 5.35. The maximum absolute atomic E-state index is 4.69. The fourth-order valence-electron chi connectivity index (χ4n) is 2.21. The third-order valence-electron chi connectivity index (χ3n) is 3.04. The lowest BCUT2D eigenvalue weighted by Crippen LogP contribution is -2.01. The molecule has 96 valence electrons. The van der Waals surface area contributed by atoms with E-state index in [9.17, 15) is 0 Å². The molecule has 3 aromatic rings. The van der Waals surface area contributed by atoms with Crippen LogP contribution in [0.1, 0.15) is 19.2 Å². The fourth-order valence-corrected chi connectivity index (χ4v) is 2.48. The highest BCUT2D eigenvalue weighted by Crippen LogP contribution is 2.22. The van der Waals surface area contributed by atoms with Crippen LogP contribution in [0.3, 0.4) is 0 Å². The molecule has 0 fully saturated rings. The summed E-state index contributed by atoms with van der Waals surface area (Å²) in [5, 5.41) is 0. The third kappa shape index (κ3) is 2.28. The Morgan fingerprint density at radius 1 is 1.16 bits per heavy atom. The topological polar surface area (TPSA) is 30.7 Å². The first-order valence-electron chi connectivity index (χ1n) is 6.38. The summed E-state index contributed by atoms with van der Waals surface area (Å²) in [6.07, 6.45) is 3.83. The van der Waals surface area contributed by atoms with Gasteiger partial charge in [0.05, 0.1) is 0 Å². The van der Waals surface area contributed by atoms with E-state index in [-0.39, 0.29) is 0 Å². The van der Waals surface area contributed by atoms with Crippen LogP contribution in [0.5, 0.6) is 0 Å². The number of aryl methyl sites for hydroxylation is 1. The van der Waals surface area contributed by atoms with E-state index in [1.807, 2.05) is 30.5 Å². The van der Waals surface area contributed by atoms with Crippen molar-refractivity contribution in [1.82, 2.24) is 14.5 Å². The zero-order chi connectivity index (χ0) is 13.2. The van der Waals surface area contributed by atoms with Gasteiger partial charge in [-0.25, -0.2) is 9.97 Å². The molecule has 0 saturated heterocycles. The predicted molar refractivity (Wildman–Crippen MR) is 80.6 cm³/mol. The Kier molecular flexibility index (Phi) is 3.34. The molecule has 0 aliphatic heterocycles. The van der Waals surface area contributed by atoms with Crippen LogP contribution in [0.15, 0.2) is 47.1 Å². The predicted octanol–water partition coefficient (Wildman–Crippen LogP) is 4.14. The summed E-state index contributed by atoms with van der Waals surface area (Å²) in [6, 6.07) is 12.2. The maximum atomic E-state index is 4.69. The number of hydrogen-bond acceptors (Lipinski definition) is 2. The van der Waals surface area contributed by atoms with Gasteiger partial charge in [-0.15, -0.1) is 0 Å². The largest absolute Gasteiger partial charge is 0.281 e. The Morgan fingerprint density at radius 2 is 1.95 bits per heavy atom. The molecule has 0 spiro atoms. The highest BCUT2D eigenvalue weighted by Gasteiger charge is 2.12. The molecule has 0 radical (unpaired) electrons. The molecule has 0 unspecified atom stereocenters. The molecule has 0 N–H and O–H groups in total. The monoisotopic (exact) mass is 315 g/mol. The summed E-state index contributed by atoms with van der Waals surface area (Å²) in [6.45, 7) is 2.17. The summed E-state index contributed by atoms with van der Waals surface area (Å²) < 4.78 is 3.22. The van der Waals surface area contributed by atoms with Crippen LogP contribution in [-0.4, -0.2) is 14.5 Å². The summed E-state index contributed by atoms with van der Waals surface area (Å²) in [7, 11) is 0. The number of benzene rings is 1. The van der Waals surface area contributed by atoms with Crippen molar-refractivity contribution in [3.63, 3.8) is 0 Å². The van der Waals surface area contributed by atoms with Gasteiger partial charge < -0.3 is 0 Å². The van der Waals surface area contributed by atoms with Crippen LogP contribution in [0, 0.1) is 0 Å². The Labute approximate surface area is 120 Å². The average molecular weight is 316 g/mol. The van der Waals surface area contributed by atoms with E-state index in [0.29, 0.717) is 0 Å². The standard InChI is InChI=1S/C15H14BrN3/c1-2-4-14-18-13-5-3-10-17-15(13)19(14)12-8-6-11(16)7-9-12/h3,5-10H,2,4H2,1H3. The van der Waals surface area contributed by atoms with Crippen molar-refractivity contribution in [2.75, 3.05) is 0 Å². The second-order valence-electron chi connectivity index (χ2n) is 4.44. The van der Waals surface area contributed by atoms with Gasteiger partial charge in [0, 0.05) is 22.8 Å². The van der Waals surface area contributed by atoms with Crippen molar-refractivity contribution in [3.05, 3.63) is 52.9 Å². The number of hydrogen-bond donors (Lipinski definition) is 0. The quantitative estimate of drug-likeness (QED) is 0.727. The molecule has 0 atom stereocenters. The molecule has 3 rings (SSSR count). The molecule has 2 aromatic heterocycles. The number of pyridine rings is 1. The molecule has 19 heavy (non-hydrogen) atoms. The smallest absolute Gasteiger partial charge is 0.164 e. The van der Waals surface area contributed by atoms with E-state index in [2.05, 4.69) is 49.5 Å². The van der Waals surface area contributed by atoms with Gasteiger partial charge in [-0.05, 0) is 42.8 Å². The van der Waals surface area contributed by atoms with Gasteiger partial charge in [0.1, 0.15) is 11.3 Å². The number of fused-ring (bicyclic) bond motifs is 1. The lowest BCUT2D eigenvalue weighted by molar-refractivity contribution is 0.815. The molecular weight excluding hydrogens is 302 g/mol. The van der Waals surface area contributed by atoms with Gasteiger partial charge in [0.15, 0.2) is 5.65 Å². The lowest BCUT2D eigenvalue weighted by atomic mass is 10.3. The zero-order valence-electron chi connectivity index (χ0n) is 10.7. The van der Waals surface area contributed by atoms with E-state index in [1.54, 1.807) is 0 Å². The molecule has 2 heterocycles. The highest BCUT2D eigenvalue weighted by atomic mass is 79.9. The molecular formula is C15H14BrN3. The van der Waals surface area contributed by atoms with Crippen molar-refractivity contribution in [3.8, 4) is 5.69 Å². The molecule has 4 heteroatoms. The van der Waals surface area contributed by atoms with Gasteiger partial charge in [0.25, 0.3) is 0 Å². The van der Waals surface area contributed by atoms with Gasteiger partial charge >= 0.3 is 0 Å². The second kappa shape index (κ2) is 5.13. The first-order valence-corrected chi connectivity index (χ1v) is 7.17. The number of rotatable bonds is 3. The SMILES string of the molecule is CCCc1nc2cccnc2n1-c1ccc(Br)cc1. The van der Waals surface area contributed by atoms with E-state index in [1.165, 1.54) is 0 Å². The van der Waals surface area contributed by atoms with Crippen LogP contribution >= 0.6 is 15.9 Å². The number of halogens is 1. The van der Waals surface area contributed by atoms with Crippen molar-refractivity contribution < 1.29 is 0 Å². The minimum absolute atomic E-state index is 0.924. The first kappa shape index (κ1) is 12.4. The van der Waals surface area contributed by atoms with Crippen LogP contribution in [0.25, 0.3) is 16.9 Å². The van der Waals surface area contributed by atoms with Gasteiger partial charge in [-0.3, -0.25) is 4.57 Å². The van der Waals surface area contributed by atoms with Gasteiger partial charge in [-0.1, -0.05) is 22.9 Å². The van der Waals surface area contributed by atoms with Crippen LogP contribution in [0.2, 0.25) is 0 Å². The Morgan fingerprint density at radius 3 is 2.68 bits per heavy atom. The van der Waals surface area contributed by atoms with Crippen LogP contribution in [0.4, 0.5) is 0 Å². The van der Waals surface area contributed by atoms with Crippen LogP contribution in [-0.2, 0) is 6.42 Å². The molecule has 3 nitrogen and oxygen atoms in total. The van der Waals surface area contributed by atoms with E-state index >= 15 is 0 Å². The Hall–Kier alpha value is -1.68. The van der Waals surface area contributed by atoms with E-state index in [4.69, 9.17) is 0 Å². The average Bonchev–Trinajstić information content (AvgIpc) is 2.78. The lowest BCUT2D eigenvalue weighted by Gasteiger charge is -2.08. The third-order valence-corrected chi connectivity index (χ3v) is 3.57. The normalized spacial score (nSPS) is 11.1. The molecule has 1 aromatic carbocycles. The zero-order valence-corrected chi connectivity index (χ0v) is 12.3. The minimum Gasteiger partial charge on any atom is -0.281 e. The molecule has 0 aliphatic rings. The summed E-state index contributed by atoms with van der Waals surface area (Å²) in [5.74, 6) is 1.07. The van der Waals surface area contributed by atoms with Gasteiger partial charge in [0.2, 0.25) is 0 Å². The number of aromatic nitrogens is 3. The summed E-state index contributed by atoms with van der Waals surface area (Å²) in [4.78, 5) is 9.16. The Balaban J connectivity index is 2.24. The summed E-state index contributed by atoms with van der Waals surface area (Å²) >= 11 is 3.47. The van der Waals surface area contributed by atoms with E-state index < -0.39 is 0 Å². The van der Waals surface area contributed by atoms with Crippen molar-refractivity contribution in [1.29, 1.82) is 0 Å². The highest BCUT2D eigenvalue weighted by molar-refractivity contribution is 9.10.